The molecule has 19 heavy (non-hydrogen) atoms. The number of amides is 1. The Labute approximate surface area is 112 Å². The van der Waals surface area contributed by atoms with Gasteiger partial charge in [-0.05, 0) is 36.8 Å². The predicted molar refractivity (Wildman–Crippen MR) is 71.8 cm³/mol. The van der Waals surface area contributed by atoms with Gasteiger partial charge >= 0.3 is 0 Å². The SMILES string of the molecule is Cc1n[nH]cc1-c1c[c]cc(OCC(=O)N(C)C)c1. The van der Waals surface area contributed by atoms with Crippen molar-refractivity contribution in [1.29, 1.82) is 0 Å². The summed E-state index contributed by atoms with van der Waals surface area (Å²) in [6.45, 7) is 1.95. The standard InChI is InChI=1S/C14H16N3O2/c1-10-13(8-15-16-10)11-5-4-6-12(7-11)19-9-14(18)17(2)3/h5-8H,9H2,1-3H3,(H,15,16). The van der Waals surface area contributed by atoms with Crippen LogP contribution in [0.3, 0.4) is 0 Å². The molecule has 0 fully saturated rings. The normalized spacial score (nSPS) is 10.3. The highest BCUT2D eigenvalue weighted by atomic mass is 16.5. The quantitative estimate of drug-likeness (QED) is 0.907. The highest BCUT2D eigenvalue weighted by Crippen LogP contribution is 2.25. The number of benzene rings is 1. The highest BCUT2D eigenvalue weighted by molar-refractivity contribution is 5.77. The molecule has 0 saturated carbocycles. The van der Waals surface area contributed by atoms with Gasteiger partial charge in [0.15, 0.2) is 6.61 Å². The lowest BCUT2D eigenvalue weighted by atomic mass is 10.1. The Morgan fingerprint density at radius 1 is 1.47 bits per heavy atom. The summed E-state index contributed by atoms with van der Waals surface area (Å²) in [5.41, 5.74) is 2.87. The molecule has 0 saturated heterocycles. The number of carbonyl (C=O) groups is 1. The molecule has 0 aliphatic carbocycles. The van der Waals surface area contributed by atoms with E-state index in [0.29, 0.717) is 5.75 Å². The molecule has 0 aliphatic heterocycles. The zero-order valence-corrected chi connectivity index (χ0v) is 11.2. The van der Waals surface area contributed by atoms with Crippen LogP contribution >= 0.6 is 0 Å². The summed E-state index contributed by atoms with van der Waals surface area (Å²) in [6, 6.07) is 8.45. The summed E-state index contributed by atoms with van der Waals surface area (Å²) in [4.78, 5) is 13.0. The molecule has 1 heterocycles. The summed E-state index contributed by atoms with van der Waals surface area (Å²) < 4.78 is 5.45. The van der Waals surface area contributed by atoms with Crippen molar-refractivity contribution in [3.8, 4) is 16.9 Å². The number of hydrogen-bond donors (Lipinski definition) is 1. The first-order valence-corrected chi connectivity index (χ1v) is 5.93. The second-order valence-electron chi connectivity index (χ2n) is 4.42. The van der Waals surface area contributed by atoms with Gasteiger partial charge in [0.25, 0.3) is 5.91 Å². The molecule has 1 aromatic carbocycles. The smallest absolute Gasteiger partial charge is 0.259 e. The largest absolute Gasteiger partial charge is 0.484 e. The lowest BCUT2D eigenvalue weighted by Crippen LogP contribution is -2.27. The maximum atomic E-state index is 11.5. The first kappa shape index (κ1) is 13.1. The number of aromatic nitrogens is 2. The molecule has 1 N–H and O–H groups in total. The van der Waals surface area contributed by atoms with Gasteiger partial charge in [0.2, 0.25) is 0 Å². The lowest BCUT2D eigenvalue weighted by Gasteiger charge is -2.11. The van der Waals surface area contributed by atoms with Crippen molar-refractivity contribution in [3.63, 3.8) is 0 Å². The third-order valence-electron chi connectivity index (χ3n) is 2.77. The van der Waals surface area contributed by atoms with Crippen LogP contribution in [0.5, 0.6) is 5.75 Å². The van der Waals surface area contributed by atoms with Gasteiger partial charge in [0.1, 0.15) is 5.75 Å². The van der Waals surface area contributed by atoms with Crippen molar-refractivity contribution in [2.75, 3.05) is 20.7 Å². The summed E-state index contributed by atoms with van der Waals surface area (Å²) in [6.07, 6.45) is 1.83. The zero-order valence-electron chi connectivity index (χ0n) is 11.2. The van der Waals surface area contributed by atoms with Crippen molar-refractivity contribution < 1.29 is 9.53 Å². The molecular weight excluding hydrogens is 242 g/mol. The van der Waals surface area contributed by atoms with E-state index in [4.69, 9.17) is 4.74 Å². The zero-order chi connectivity index (χ0) is 13.8. The number of aromatic amines is 1. The number of aryl methyl sites for hydroxylation is 1. The van der Waals surface area contributed by atoms with Crippen molar-refractivity contribution in [1.82, 2.24) is 15.1 Å². The van der Waals surface area contributed by atoms with Gasteiger partial charge in [-0.25, -0.2) is 0 Å². The number of nitrogens with one attached hydrogen (secondary N) is 1. The summed E-state index contributed by atoms with van der Waals surface area (Å²) in [7, 11) is 3.39. The number of H-pyrrole nitrogens is 1. The van der Waals surface area contributed by atoms with Crippen LogP contribution in [0.15, 0.2) is 24.4 Å². The number of hydrogen-bond acceptors (Lipinski definition) is 3. The Morgan fingerprint density at radius 2 is 2.26 bits per heavy atom. The molecule has 0 bridgehead atoms. The monoisotopic (exact) mass is 258 g/mol. The number of likely N-dealkylation sites (N-methyl/N-ethyl adjacent to an activating group) is 1. The minimum Gasteiger partial charge on any atom is -0.484 e. The van der Waals surface area contributed by atoms with Crippen LogP contribution in [-0.2, 0) is 4.79 Å². The van der Waals surface area contributed by atoms with E-state index in [0.717, 1.165) is 16.8 Å². The Morgan fingerprint density at radius 3 is 2.89 bits per heavy atom. The Hall–Kier alpha value is -2.30. The average Bonchev–Trinajstić information content (AvgIpc) is 2.82. The Kier molecular flexibility index (Phi) is 3.85. The van der Waals surface area contributed by atoms with E-state index >= 15 is 0 Å². The van der Waals surface area contributed by atoms with Crippen LogP contribution in [0.25, 0.3) is 11.1 Å². The fourth-order valence-corrected chi connectivity index (χ4v) is 1.61. The number of rotatable bonds is 4. The van der Waals surface area contributed by atoms with Crippen molar-refractivity contribution in [2.24, 2.45) is 0 Å². The minimum absolute atomic E-state index is 0.0225. The molecule has 0 unspecified atom stereocenters. The van der Waals surface area contributed by atoms with Gasteiger partial charge in [-0.1, -0.05) is 0 Å². The molecule has 5 heteroatoms. The van der Waals surface area contributed by atoms with E-state index in [1.54, 1.807) is 20.2 Å². The molecule has 2 rings (SSSR count). The van der Waals surface area contributed by atoms with Crippen molar-refractivity contribution in [3.05, 3.63) is 36.2 Å². The summed E-state index contributed by atoms with van der Waals surface area (Å²) in [5, 5.41) is 6.90. The molecule has 5 nitrogen and oxygen atoms in total. The van der Waals surface area contributed by atoms with Crippen molar-refractivity contribution in [2.45, 2.75) is 6.92 Å². The van der Waals surface area contributed by atoms with Gasteiger partial charge in [0.05, 0.1) is 5.69 Å². The number of nitrogens with zero attached hydrogens (tertiary/aromatic N) is 2. The lowest BCUT2D eigenvalue weighted by molar-refractivity contribution is -0.130. The molecule has 99 valence electrons. The van der Waals surface area contributed by atoms with Crippen LogP contribution in [0, 0.1) is 13.0 Å². The number of carbonyl (C=O) groups excluding carboxylic acids is 1. The fourth-order valence-electron chi connectivity index (χ4n) is 1.61. The molecule has 1 aromatic heterocycles. The minimum atomic E-state index is -0.0788. The molecule has 1 amide bonds. The highest BCUT2D eigenvalue weighted by Gasteiger charge is 2.08. The maximum Gasteiger partial charge on any atom is 0.259 e. The van der Waals surface area contributed by atoms with Gasteiger partial charge in [-0.2, -0.15) is 5.10 Å². The maximum absolute atomic E-state index is 11.5. The second kappa shape index (κ2) is 5.56. The van der Waals surface area contributed by atoms with Crippen molar-refractivity contribution >= 4 is 5.91 Å². The Bertz CT molecular complexity index is 576. The summed E-state index contributed by atoms with van der Waals surface area (Å²) in [5.74, 6) is 0.540. The topological polar surface area (TPSA) is 58.2 Å². The van der Waals surface area contributed by atoms with Crippen LogP contribution < -0.4 is 4.74 Å². The van der Waals surface area contributed by atoms with Gasteiger partial charge in [0, 0.05) is 25.9 Å². The van der Waals surface area contributed by atoms with E-state index in [1.165, 1.54) is 4.90 Å². The first-order chi connectivity index (χ1) is 9.08. The van der Waals surface area contributed by atoms with E-state index in [9.17, 15) is 4.79 Å². The summed E-state index contributed by atoms with van der Waals surface area (Å²) >= 11 is 0. The molecular formula is C14H16N3O2. The van der Waals surface area contributed by atoms with Crippen LogP contribution in [0.1, 0.15) is 5.69 Å². The molecule has 1 radical (unpaired) electrons. The van der Waals surface area contributed by atoms with Gasteiger partial charge < -0.3 is 9.64 Å². The van der Waals surface area contributed by atoms with E-state index in [1.807, 2.05) is 25.3 Å². The third kappa shape index (κ3) is 3.13. The van der Waals surface area contributed by atoms with E-state index in [-0.39, 0.29) is 12.5 Å². The average molecular weight is 258 g/mol. The second-order valence-corrected chi connectivity index (χ2v) is 4.42. The van der Waals surface area contributed by atoms with Crippen LogP contribution in [0.4, 0.5) is 0 Å². The van der Waals surface area contributed by atoms with Crippen LogP contribution in [0.2, 0.25) is 0 Å². The Balaban J connectivity index is 2.12. The first-order valence-electron chi connectivity index (χ1n) is 5.93. The van der Waals surface area contributed by atoms with Crippen LogP contribution in [-0.4, -0.2) is 41.7 Å². The van der Waals surface area contributed by atoms with Gasteiger partial charge in [-0.3, -0.25) is 9.89 Å². The molecule has 0 spiro atoms. The molecule has 0 atom stereocenters. The van der Waals surface area contributed by atoms with E-state index < -0.39 is 0 Å². The van der Waals surface area contributed by atoms with E-state index in [2.05, 4.69) is 16.3 Å². The third-order valence-corrected chi connectivity index (χ3v) is 2.77. The predicted octanol–water partition coefficient (Wildman–Crippen LogP) is 1.65. The number of ether oxygens (including phenoxy) is 1. The van der Waals surface area contributed by atoms with Gasteiger partial charge in [-0.15, -0.1) is 0 Å². The molecule has 0 aliphatic rings. The molecule has 2 aromatic rings. The fraction of sp³-hybridized carbons (Fsp3) is 0.286.